The minimum atomic E-state index is -0.269. The first-order valence-electron chi connectivity index (χ1n) is 7.78. The third-order valence-electron chi connectivity index (χ3n) is 3.38. The van der Waals surface area contributed by atoms with Crippen molar-refractivity contribution in [1.29, 1.82) is 0 Å². The molecule has 0 aliphatic heterocycles. The molecule has 2 N–H and O–H groups in total. The van der Waals surface area contributed by atoms with Crippen LogP contribution >= 0.6 is 0 Å². The predicted octanol–water partition coefficient (Wildman–Crippen LogP) is 2.00. The lowest BCUT2D eigenvalue weighted by Crippen LogP contribution is -2.26. The number of benzene rings is 1. The second-order valence-corrected chi connectivity index (χ2v) is 5.10. The Labute approximate surface area is 146 Å². The lowest BCUT2D eigenvalue weighted by atomic mass is 10.2. The van der Waals surface area contributed by atoms with E-state index < -0.39 is 0 Å². The fourth-order valence-corrected chi connectivity index (χ4v) is 2.08. The first kappa shape index (κ1) is 18.5. The van der Waals surface area contributed by atoms with Gasteiger partial charge in [0, 0.05) is 26.3 Å². The lowest BCUT2D eigenvalue weighted by Gasteiger charge is -2.12. The number of nitrogens with one attached hydrogen (secondary N) is 2. The largest absolute Gasteiger partial charge is 0.497 e. The second-order valence-electron chi connectivity index (χ2n) is 5.10. The summed E-state index contributed by atoms with van der Waals surface area (Å²) in [4.78, 5) is 12.0. The number of ether oxygens (including phenoxy) is 3. The van der Waals surface area contributed by atoms with Crippen LogP contribution in [-0.4, -0.2) is 50.6 Å². The highest BCUT2D eigenvalue weighted by Crippen LogP contribution is 2.30. The van der Waals surface area contributed by atoms with E-state index in [1.165, 1.54) is 0 Å². The number of aromatic nitrogens is 2. The Balaban J connectivity index is 2.02. The highest BCUT2D eigenvalue weighted by Gasteiger charge is 2.10. The molecule has 8 heteroatoms. The molecule has 1 aromatic heterocycles. The molecule has 0 radical (unpaired) electrons. The van der Waals surface area contributed by atoms with Gasteiger partial charge in [0.05, 0.1) is 19.9 Å². The number of hydrogen-bond donors (Lipinski definition) is 2. The Hall–Kier alpha value is -2.87. The topological polar surface area (TPSA) is 94.6 Å². The zero-order chi connectivity index (χ0) is 18.1. The SMILES string of the molecule is COCCCNC(=O)c1ccc(Nc2cc(OC)ccc2OC)nn1. The van der Waals surface area contributed by atoms with Gasteiger partial charge in [-0.2, -0.15) is 0 Å². The Morgan fingerprint density at radius 2 is 1.92 bits per heavy atom. The molecule has 134 valence electrons. The maximum Gasteiger partial charge on any atom is 0.271 e. The van der Waals surface area contributed by atoms with Crippen molar-refractivity contribution in [3.8, 4) is 11.5 Å². The summed E-state index contributed by atoms with van der Waals surface area (Å²) in [5.41, 5.74) is 0.938. The highest BCUT2D eigenvalue weighted by atomic mass is 16.5. The number of anilines is 2. The van der Waals surface area contributed by atoms with Crippen molar-refractivity contribution in [1.82, 2.24) is 15.5 Å². The van der Waals surface area contributed by atoms with Gasteiger partial charge in [-0.3, -0.25) is 4.79 Å². The molecule has 0 aliphatic rings. The van der Waals surface area contributed by atoms with Crippen LogP contribution in [0.2, 0.25) is 0 Å². The summed E-state index contributed by atoms with van der Waals surface area (Å²) in [6, 6.07) is 8.66. The summed E-state index contributed by atoms with van der Waals surface area (Å²) in [6.07, 6.45) is 0.741. The normalized spacial score (nSPS) is 10.2. The van der Waals surface area contributed by atoms with Gasteiger partial charge in [0.1, 0.15) is 11.5 Å². The van der Waals surface area contributed by atoms with Crippen LogP contribution in [0, 0.1) is 0 Å². The molecule has 1 aromatic carbocycles. The highest BCUT2D eigenvalue weighted by molar-refractivity contribution is 5.92. The molecule has 2 aromatic rings. The van der Waals surface area contributed by atoms with Gasteiger partial charge < -0.3 is 24.8 Å². The number of amides is 1. The van der Waals surface area contributed by atoms with Crippen LogP contribution in [0.4, 0.5) is 11.5 Å². The average molecular weight is 346 g/mol. The van der Waals surface area contributed by atoms with Gasteiger partial charge in [-0.05, 0) is 30.7 Å². The predicted molar refractivity (Wildman–Crippen MR) is 93.7 cm³/mol. The van der Waals surface area contributed by atoms with E-state index in [1.807, 2.05) is 0 Å². The van der Waals surface area contributed by atoms with E-state index in [1.54, 1.807) is 51.7 Å². The van der Waals surface area contributed by atoms with Gasteiger partial charge in [0.15, 0.2) is 11.5 Å². The van der Waals surface area contributed by atoms with Crippen molar-refractivity contribution in [2.45, 2.75) is 6.42 Å². The molecule has 0 saturated carbocycles. The second kappa shape index (κ2) is 9.43. The van der Waals surface area contributed by atoms with Crippen molar-refractivity contribution in [2.75, 3.05) is 39.8 Å². The Morgan fingerprint density at radius 1 is 1.08 bits per heavy atom. The van der Waals surface area contributed by atoms with Crippen LogP contribution in [0.3, 0.4) is 0 Å². The fourth-order valence-electron chi connectivity index (χ4n) is 2.08. The van der Waals surface area contributed by atoms with E-state index in [9.17, 15) is 4.79 Å². The maximum absolute atomic E-state index is 12.0. The summed E-state index contributed by atoms with van der Waals surface area (Å²) in [5.74, 6) is 1.54. The zero-order valence-corrected chi connectivity index (χ0v) is 14.5. The van der Waals surface area contributed by atoms with E-state index in [4.69, 9.17) is 14.2 Å². The third kappa shape index (κ3) is 5.32. The summed E-state index contributed by atoms with van der Waals surface area (Å²) in [7, 11) is 4.79. The zero-order valence-electron chi connectivity index (χ0n) is 14.5. The molecule has 1 heterocycles. The molecule has 25 heavy (non-hydrogen) atoms. The Bertz CT molecular complexity index is 692. The number of nitrogens with zero attached hydrogens (tertiary/aromatic N) is 2. The molecule has 8 nitrogen and oxygen atoms in total. The van der Waals surface area contributed by atoms with Gasteiger partial charge >= 0.3 is 0 Å². The van der Waals surface area contributed by atoms with E-state index >= 15 is 0 Å². The number of rotatable bonds is 9. The van der Waals surface area contributed by atoms with Crippen LogP contribution in [0.25, 0.3) is 0 Å². The van der Waals surface area contributed by atoms with Crippen molar-refractivity contribution >= 4 is 17.4 Å². The Morgan fingerprint density at radius 3 is 2.56 bits per heavy atom. The van der Waals surface area contributed by atoms with E-state index in [2.05, 4.69) is 20.8 Å². The molecule has 0 spiro atoms. The number of hydrogen-bond acceptors (Lipinski definition) is 7. The monoisotopic (exact) mass is 346 g/mol. The number of carbonyl (C=O) groups is 1. The maximum atomic E-state index is 12.0. The minimum Gasteiger partial charge on any atom is -0.497 e. The van der Waals surface area contributed by atoms with Gasteiger partial charge in [-0.15, -0.1) is 10.2 Å². The molecule has 0 unspecified atom stereocenters. The molecule has 2 rings (SSSR count). The van der Waals surface area contributed by atoms with Gasteiger partial charge in [0.2, 0.25) is 0 Å². The standard InChI is InChI=1S/C17H22N4O4/c1-23-10-4-9-18-17(22)13-6-8-16(21-20-13)19-14-11-12(24-2)5-7-15(14)25-3/h5-8,11H,4,9-10H2,1-3H3,(H,18,22)(H,19,21). The molecule has 0 aliphatic carbocycles. The van der Waals surface area contributed by atoms with Gasteiger partial charge in [-0.25, -0.2) is 0 Å². The number of carbonyl (C=O) groups excluding carboxylic acids is 1. The molecule has 1 amide bonds. The first-order valence-corrected chi connectivity index (χ1v) is 7.78. The molecular weight excluding hydrogens is 324 g/mol. The number of methoxy groups -OCH3 is 3. The van der Waals surface area contributed by atoms with Crippen LogP contribution < -0.4 is 20.1 Å². The van der Waals surface area contributed by atoms with Crippen molar-refractivity contribution in [3.63, 3.8) is 0 Å². The minimum absolute atomic E-state index is 0.251. The van der Waals surface area contributed by atoms with Crippen LogP contribution in [0.5, 0.6) is 11.5 Å². The first-order chi connectivity index (χ1) is 12.2. The summed E-state index contributed by atoms with van der Waals surface area (Å²) in [5, 5.41) is 13.8. The van der Waals surface area contributed by atoms with E-state index in [-0.39, 0.29) is 11.6 Å². The van der Waals surface area contributed by atoms with Crippen LogP contribution in [0.1, 0.15) is 16.9 Å². The summed E-state index contributed by atoms with van der Waals surface area (Å²) in [6.45, 7) is 1.12. The van der Waals surface area contributed by atoms with Crippen molar-refractivity contribution in [2.24, 2.45) is 0 Å². The van der Waals surface area contributed by atoms with Crippen LogP contribution in [-0.2, 0) is 4.74 Å². The molecule has 0 bridgehead atoms. The lowest BCUT2D eigenvalue weighted by molar-refractivity contribution is 0.0942. The van der Waals surface area contributed by atoms with Crippen LogP contribution in [0.15, 0.2) is 30.3 Å². The average Bonchev–Trinajstić information content (AvgIpc) is 2.65. The molecular formula is C17H22N4O4. The van der Waals surface area contributed by atoms with E-state index in [0.29, 0.717) is 36.2 Å². The third-order valence-corrected chi connectivity index (χ3v) is 3.38. The van der Waals surface area contributed by atoms with Crippen molar-refractivity contribution < 1.29 is 19.0 Å². The van der Waals surface area contributed by atoms with Crippen molar-refractivity contribution in [3.05, 3.63) is 36.0 Å². The molecule has 0 fully saturated rings. The summed E-state index contributed by atoms with van der Waals surface area (Å²) < 4.78 is 15.4. The molecule has 0 atom stereocenters. The quantitative estimate of drug-likeness (QED) is 0.671. The van der Waals surface area contributed by atoms with E-state index in [0.717, 1.165) is 6.42 Å². The van der Waals surface area contributed by atoms with Gasteiger partial charge in [0.25, 0.3) is 5.91 Å². The fraction of sp³-hybridized carbons (Fsp3) is 0.353. The Kier molecular flexibility index (Phi) is 6.97. The summed E-state index contributed by atoms with van der Waals surface area (Å²) >= 11 is 0. The van der Waals surface area contributed by atoms with Gasteiger partial charge in [-0.1, -0.05) is 0 Å². The smallest absolute Gasteiger partial charge is 0.271 e. The molecule has 0 saturated heterocycles.